The number of halogens is 1. The smallest absolute Gasteiger partial charge is 0.229 e. The Labute approximate surface area is 167 Å². The zero-order chi connectivity index (χ0) is 20.1. The molecule has 0 spiro atoms. The molecule has 1 heterocycles. The number of benzene rings is 2. The lowest BCUT2D eigenvalue weighted by Gasteiger charge is -2.14. The number of hydrogen-bond acceptors (Lipinski definition) is 7. The molecule has 0 aliphatic carbocycles. The third-order valence-corrected chi connectivity index (χ3v) is 4.18. The molecule has 142 valence electrons. The molecule has 7 nitrogen and oxygen atoms in total. The molecule has 0 unspecified atom stereocenters. The summed E-state index contributed by atoms with van der Waals surface area (Å²) in [6.07, 6.45) is 0. The molecular weight excluding hydrogens is 378 g/mol. The molecule has 0 saturated heterocycles. The van der Waals surface area contributed by atoms with Crippen LogP contribution in [-0.2, 0) is 0 Å². The van der Waals surface area contributed by atoms with Gasteiger partial charge in [0.2, 0.25) is 5.95 Å². The highest BCUT2D eigenvalue weighted by Gasteiger charge is 2.12. The van der Waals surface area contributed by atoms with Crippen molar-refractivity contribution >= 4 is 34.7 Å². The Morgan fingerprint density at radius 3 is 2.43 bits per heavy atom. The fourth-order valence-electron chi connectivity index (χ4n) is 2.59. The van der Waals surface area contributed by atoms with Crippen LogP contribution >= 0.6 is 11.6 Å². The predicted molar refractivity (Wildman–Crippen MR) is 109 cm³/mol. The number of aryl methyl sites for hydroxylation is 1. The summed E-state index contributed by atoms with van der Waals surface area (Å²) in [6, 6.07) is 14.5. The maximum Gasteiger partial charge on any atom is 0.229 e. The molecule has 0 atom stereocenters. The van der Waals surface area contributed by atoms with E-state index < -0.39 is 0 Å². The average Bonchev–Trinajstić information content (AvgIpc) is 2.69. The van der Waals surface area contributed by atoms with Gasteiger partial charge in [-0.15, -0.1) is 0 Å². The molecule has 1 aromatic heterocycles. The quantitative estimate of drug-likeness (QED) is 0.618. The summed E-state index contributed by atoms with van der Waals surface area (Å²) in [4.78, 5) is 8.89. The van der Waals surface area contributed by atoms with E-state index in [1.54, 1.807) is 31.4 Å². The Hall–Kier alpha value is -3.50. The molecule has 2 aromatic carbocycles. The summed E-state index contributed by atoms with van der Waals surface area (Å²) in [5, 5.41) is 16.0. The third kappa shape index (κ3) is 4.24. The van der Waals surface area contributed by atoms with Crippen LogP contribution in [0.3, 0.4) is 0 Å². The molecule has 3 rings (SSSR count). The maximum atomic E-state index is 9.26. The number of para-hydroxylation sites is 1. The van der Waals surface area contributed by atoms with E-state index in [1.807, 2.05) is 25.1 Å². The van der Waals surface area contributed by atoms with Crippen molar-refractivity contribution in [3.8, 4) is 17.6 Å². The SMILES string of the molecule is COc1cc(Nc2nc(C)cc(Nc3ccccc3C#N)n2)c(OC)cc1Cl. The van der Waals surface area contributed by atoms with Crippen molar-refractivity contribution in [1.29, 1.82) is 5.26 Å². The maximum absolute atomic E-state index is 9.26. The Bertz CT molecular complexity index is 1050. The minimum Gasteiger partial charge on any atom is -0.495 e. The lowest BCUT2D eigenvalue weighted by Crippen LogP contribution is -2.04. The van der Waals surface area contributed by atoms with E-state index in [1.165, 1.54) is 7.11 Å². The molecule has 0 fully saturated rings. The van der Waals surface area contributed by atoms with Crippen LogP contribution < -0.4 is 20.1 Å². The standard InChI is InChI=1S/C20H18ClN5O2/c1-12-8-19(24-15-7-5-4-6-13(15)11-22)26-20(23-12)25-16-10-17(27-2)14(21)9-18(16)28-3/h4-10H,1-3H3,(H2,23,24,25,26). The predicted octanol–water partition coefficient (Wildman–Crippen LogP) is 4.81. The van der Waals surface area contributed by atoms with Crippen LogP contribution in [0.25, 0.3) is 0 Å². The van der Waals surface area contributed by atoms with Gasteiger partial charge in [0.05, 0.1) is 36.2 Å². The van der Waals surface area contributed by atoms with Crippen molar-refractivity contribution in [3.05, 3.63) is 58.7 Å². The Morgan fingerprint density at radius 2 is 1.71 bits per heavy atom. The van der Waals surface area contributed by atoms with Crippen LogP contribution in [0.2, 0.25) is 5.02 Å². The van der Waals surface area contributed by atoms with Gasteiger partial charge in [0.15, 0.2) is 0 Å². The minimum atomic E-state index is 0.361. The van der Waals surface area contributed by atoms with Gasteiger partial charge in [0.1, 0.15) is 23.4 Å². The molecule has 3 aromatic rings. The van der Waals surface area contributed by atoms with Gasteiger partial charge in [0, 0.05) is 23.9 Å². The first kappa shape index (κ1) is 19.3. The summed E-state index contributed by atoms with van der Waals surface area (Å²) >= 11 is 6.15. The van der Waals surface area contributed by atoms with Crippen molar-refractivity contribution in [3.63, 3.8) is 0 Å². The zero-order valence-electron chi connectivity index (χ0n) is 15.6. The zero-order valence-corrected chi connectivity index (χ0v) is 16.3. The number of nitrogens with zero attached hydrogens (tertiary/aromatic N) is 3. The van der Waals surface area contributed by atoms with Gasteiger partial charge in [-0.25, -0.2) is 4.98 Å². The van der Waals surface area contributed by atoms with E-state index in [2.05, 4.69) is 26.7 Å². The van der Waals surface area contributed by atoms with Crippen LogP contribution in [0.4, 0.5) is 23.1 Å². The van der Waals surface area contributed by atoms with E-state index in [0.29, 0.717) is 45.2 Å². The lowest BCUT2D eigenvalue weighted by atomic mass is 10.2. The van der Waals surface area contributed by atoms with E-state index in [9.17, 15) is 5.26 Å². The molecule has 0 saturated carbocycles. The lowest BCUT2D eigenvalue weighted by molar-refractivity contribution is 0.405. The van der Waals surface area contributed by atoms with Crippen molar-refractivity contribution in [1.82, 2.24) is 9.97 Å². The molecule has 8 heteroatoms. The van der Waals surface area contributed by atoms with Gasteiger partial charge in [-0.1, -0.05) is 23.7 Å². The average molecular weight is 396 g/mol. The Morgan fingerprint density at radius 1 is 0.964 bits per heavy atom. The first-order valence-electron chi connectivity index (χ1n) is 8.34. The van der Waals surface area contributed by atoms with Crippen molar-refractivity contribution in [2.75, 3.05) is 24.9 Å². The largest absolute Gasteiger partial charge is 0.495 e. The third-order valence-electron chi connectivity index (χ3n) is 3.88. The second-order valence-corrected chi connectivity index (χ2v) is 6.22. The Balaban J connectivity index is 1.93. The van der Waals surface area contributed by atoms with E-state index >= 15 is 0 Å². The highest BCUT2D eigenvalue weighted by Crippen LogP contribution is 2.37. The van der Waals surface area contributed by atoms with Crippen LogP contribution in [0.1, 0.15) is 11.3 Å². The summed E-state index contributed by atoms with van der Waals surface area (Å²) in [7, 11) is 3.08. The van der Waals surface area contributed by atoms with Crippen molar-refractivity contribution < 1.29 is 9.47 Å². The summed E-state index contributed by atoms with van der Waals surface area (Å²) < 4.78 is 10.6. The second kappa shape index (κ2) is 8.46. The fourth-order valence-corrected chi connectivity index (χ4v) is 2.83. The summed E-state index contributed by atoms with van der Waals surface area (Å²) in [5.74, 6) is 1.94. The number of nitrogens with one attached hydrogen (secondary N) is 2. The normalized spacial score (nSPS) is 10.1. The van der Waals surface area contributed by atoms with Crippen LogP contribution in [0.15, 0.2) is 42.5 Å². The first-order chi connectivity index (χ1) is 13.5. The van der Waals surface area contributed by atoms with Gasteiger partial charge in [-0.3, -0.25) is 0 Å². The van der Waals surface area contributed by atoms with E-state index in [0.717, 1.165) is 5.69 Å². The number of methoxy groups -OCH3 is 2. The number of hydrogen-bond donors (Lipinski definition) is 2. The molecule has 28 heavy (non-hydrogen) atoms. The van der Waals surface area contributed by atoms with Gasteiger partial charge in [0.25, 0.3) is 0 Å². The van der Waals surface area contributed by atoms with E-state index in [-0.39, 0.29) is 0 Å². The highest BCUT2D eigenvalue weighted by atomic mass is 35.5. The molecule has 0 bridgehead atoms. The number of aromatic nitrogens is 2. The summed E-state index contributed by atoms with van der Waals surface area (Å²) in [6.45, 7) is 1.86. The van der Waals surface area contributed by atoms with Gasteiger partial charge < -0.3 is 20.1 Å². The molecule has 0 aliphatic heterocycles. The van der Waals surface area contributed by atoms with Crippen LogP contribution in [0, 0.1) is 18.3 Å². The molecular formula is C20H18ClN5O2. The first-order valence-corrected chi connectivity index (χ1v) is 8.72. The number of ether oxygens (including phenoxy) is 2. The molecule has 0 aliphatic rings. The molecule has 0 radical (unpaired) electrons. The van der Waals surface area contributed by atoms with Crippen LogP contribution in [0.5, 0.6) is 11.5 Å². The Kier molecular flexibility index (Phi) is 5.82. The fraction of sp³-hybridized carbons (Fsp3) is 0.150. The van der Waals surface area contributed by atoms with Gasteiger partial charge >= 0.3 is 0 Å². The van der Waals surface area contributed by atoms with Gasteiger partial charge in [-0.05, 0) is 19.1 Å². The second-order valence-electron chi connectivity index (χ2n) is 5.81. The molecule has 0 amide bonds. The van der Waals surface area contributed by atoms with E-state index in [4.69, 9.17) is 21.1 Å². The summed E-state index contributed by atoms with van der Waals surface area (Å²) in [5.41, 5.74) is 2.55. The van der Waals surface area contributed by atoms with Gasteiger partial charge in [-0.2, -0.15) is 10.2 Å². The molecule has 2 N–H and O–H groups in total. The van der Waals surface area contributed by atoms with Crippen LogP contribution in [-0.4, -0.2) is 24.2 Å². The topological polar surface area (TPSA) is 92.1 Å². The number of rotatable bonds is 6. The minimum absolute atomic E-state index is 0.361. The monoisotopic (exact) mass is 395 g/mol. The number of nitriles is 1. The highest BCUT2D eigenvalue weighted by molar-refractivity contribution is 6.32. The van der Waals surface area contributed by atoms with Crippen molar-refractivity contribution in [2.45, 2.75) is 6.92 Å². The number of anilines is 4. The van der Waals surface area contributed by atoms with Crippen molar-refractivity contribution in [2.24, 2.45) is 0 Å².